The third-order valence-corrected chi connectivity index (χ3v) is 5.62. The lowest BCUT2D eigenvalue weighted by atomic mass is 9.85. The van der Waals surface area contributed by atoms with Gasteiger partial charge >= 0.3 is 0 Å². The van der Waals surface area contributed by atoms with Crippen LogP contribution in [0.15, 0.2) is 24.5 Å². The van der Waals surface area contributed by atoms with E-state index in [9.17, 15) is 18.8 Å². The molecule has 1 aliphatic carbocycles. The van der Waals surface area contributed by atoms with Gasteiger partial charge in [0.25, 0.3) is 11.8 Å². The molecule has 0 saturated heterocycles. The van der Waals surface area contributed by atoms with E-state index in [0.717, 1.165) is 0 Å². The van der Waals surface area contributed by atoms with E-state index in [1.807, 2.05) is 0 Å². The predicted molar refractivity (Wildman–Crippen MR) is 110 cm³/mol. The molecule has 160 valence electrons. The summed E-state index contributed by atoms with van der Waals surface area (Å²) in [6.07, 6.45) is 3.72. The number of carbonyl (C=O) groups is 3. The van der Waals surface area contributed by atoms with E-state index in [0.29, 0.717) is 31.4 Å². The highest BCUT2D eigenvalue weighted by molar-refractivity contribution is 6.33. The third-order valence-electron chi connectivity index (χ3n) is 5.32. The van der Waals surface area contributed by atoms with Gasteiger partial charge < -0.3 is 20.5 Å². The van der Waals surface area contributed by atoms with Gasteiger partial charge in [-0.25, -0.2) is 9.37 Å². The Morgan fingerprint density at radius 1 is 1.20 bits per heavy atom. The lowest BCUT2D eigenvalue weighted by molar-refractivity contribution is -0.123. The van der Waals surface area contributed by atoms with Gasteiger partial charge in [-0.2, -0.15) is 0 Å². The summed E-state index contributed by atoms with van der Waals surface area (Å²) in [7, 11) is 3.09. The monoisotopic (exact) mass is 435 g/mol. The molecule has 10 heteroatoms. The number of nitrogens with zero attached hydrogens (tertiary/aromatic N) is 2. The normalized spacial score (nSPS) is 18.5. The molecule has 3 amide bonds. The Balaban J connectivity index is 1.57. The summed E-state index contributed by atoms with van der Waals surface area (Å²) in [4.78, 5) is 45.2. The van der Waals surface area contributed by atoms with Gasteiger partial charge in [-0.15, -0.1) is 0 Å². The smallest absolute Gasteiger partial charge is 0.272 e. The van der Waals surface area contributed by atoms with Gasteiger partial charge in [0.15, 0.2) is 5.69 Å². The zero-order valence-corrected chi connectivity index (χ0v) is 17.4. The van der Waals surface area contributed by atoms with Crippen molar-refractivity contribution in [1.29, 1.82) is 0 Å². The number of halogens is 2. The molecule has 1 fully saturated rings. The van der Waals surface area contributed by atoms with Gasteiger partial charge in [-0.3, -0.25) is 14.4 Å². The molecule has 1 saturated carbocycles. The largest absolute Gasteiger partial charge is 0.354 e. The van der Waals surface area contributed by atoms with Crippen LogP contribution >= 0.6 is 11.6 Å². The summed E-state index contributed by atoms with van der Waals surface area (Å²) < 4.78 is 13.3. The van der Waals surface area contributed by atoms with Crippen LogP contribution < -0.4 is 15.5 Å². The van der Waals surface area contributed by atoms with E-state index in [-0.39, 0.29) is 34.3 Å². The lowest BCUT2D eigenvalue weighted by Crippen LogP contribution is -2.42. The number of carbonyl (C=O) groups excluding carboxylic acids is 3. The molecular weight excluding hydrogens is 413 g/mol. The topological polar surface area (TPSA) is 107 Å². The zero-order valence-electron chi connectivity index (χ0n) is 16.7. The molecule has 0 unspecified atom stereocenters. The highest BCUT2D eigenvalue weighted by Gasteiger charge is 2.31. The maximum atomic E-state index is 13.3. The third kappa shape index (κ3) is 4.62. The van der Waals surface area contributed by atoms with Crippen LogP contribution in [0.1, 0.15) is 46.7 Å². The molecule has 30 heavy (non-hydrogen) atoms. The van der Waals surface area contributed by atoms with E-state index < -0.39 is 17.6 Å². The summed E-state index contributed by atoms with van der Waals surface area (Å²) >= 11 is 6.06. The molecule has 2 aromatic rings. The van der Waals surface area contributed by atoms with E-state index in [2.05, 4.69) is 20.6 Å². The number of amides is 3. The molecule has 8 nitrogen and oxygen atoms in total. The Kier molecular flexibility index (Phi) is 6.71. The number of hydrogen-bond acceptors (Lipinski definition) is 4. The number of nitrogens with one attached hydrogen (secondary N) is 3. The minimum atomic E-state index is -0.461. The van der Waals surface area contributed by atoms with Gasteiger partial charge in [0.1, 0.15) is 11.5 Å². The van der Waals surface area contributed by atoms with E-state index in [1.54, 1.807) is 7.05 Å². The molecule has 0 atom stereocenters. The first kappa shape index (κ1) is 21.8. The standard InChI is InChI=1S/C20H23ClFN5O3/c1-23-18(28)16-17(25-10-24-16)19(29)26-13-6-3-11(4-7-13)20(30)27(2)15-8-5-12(22)9-14(15)21/h5,8-11,13H,3-4,6-7H2,1-2H3,(H,23,28)(H,24,25)(H,26,29). The summed E-state index contributed by atoms with van der Waals surface area (Å²) in [5, 5.41) is 5.52. The van der Waals surface area contributed by atoms with Crippen molar-refractivity contribution in [1.82, 2.24) is 20.6 Å². The minimum Gasteiger partial charge on any atom is -0.354 e. The first-order valence-electron chi connectivity index (χ1n) is 9.60. The second-order valence-corrected chi connectivity index (χ2v) is 7.63. The maximum absolute atomic E-state index is 13.3. The van der Waals surface area contributed by atoms with Gasteiger partial charge in [0, 0.05) is 26.1 Å². The van der Waals surface area contributed by atoms with Gasteiger partial charge in [-0.1, -0.05) is 11.6 Å². The van der Waals surface area contributed by atoms with Gasteiger partial charge in [0.2, 0.25) is 5.91 Å². The first-order chi connectivity index (χ1) is 14.3. The SMILES string of the molecule is CNC(=O)c1[nH]cnc1C(=O)NC1CCC(C(=O)N(C)c2ccc(F)cc2Cl)CC1. The Labute approximate surface area is 178 Å². The van der Waals surface area contributed by atoms with Gasteiger partial charge in [-0.05, 0) is 43.9 Å². The summed E-state index contributed by atoms with van der Waals surface area (Å²) in [6, 6.07) is 3.81. The van der Waals surface area contributed by atoms with Crippen molar-refractivity contribution in [2.45, 2.75) is 31.7 Å². The molecule has 1 aromatic carbocycles. The maximum Gasteiger partial charge on any atom is 0.272 e. The Morgan fingerprint density at radius 2 is 1.90 bits per heavy atom. The average Bonchev–Trinajstić information content (AvgIpc) is 3.23. The molecule has 0 aliphatic heterocycles. The minimum absolute atomic E-state index is 0.0400. The molecule has 3 rings (SSSR count). The molecule has 1 heterocycles. The fourth-order valence-corrected chi connectivity index (χ4v) is 3.94. The van der Waals surface area contributed by atoms with E-state index >= 15 is 0 Å². The summed E-state index contributed by atoms with van der Waals surface area (Å²) in [5.41, 5.74) is 0.605. The van der Waals surface area contributed by atoms with Crippen LogP contribution in [0.2, 0.25) is 5.02 Å². The summed E-state index contributed by atoms with van der Waals surface area (Å²) in [5.74, 6) is -1.62. The number of hydrogen-bond donors (Lipinski definition) is 3. The van der Waals surface area contributed by atoms with Crippen LogP contribution in [0.5, 0.6) is 0 Å². The molecule has 3 N–H and O–H groups in total. The fraction of sp³-hybridized carbons (Fsp3) is 0.400. The van der Waals surface area contributed by atoms with Crippen molar-refractivity contribution in [3.63, 3.8) is 0 Å². The van der Waals surface area contributed by atoms with Crippen molar-refractivity contribution in [3.05, 3.63) is 46.8 Å². The highest BCUT2D eigenvalue weighted by Crippen LogP contribution is 2.31. The molecule has 0 spiro atoms. The highest BCUT2D eigenvalue weighted by atomic mass is 35.5. The van der Waals surface area contributed by atoms with Crippen molar-refractivity contribution >= 4 is 35.0 Å². The fourth-order valence-electron chi connectivity index (χ4n) is 3.65. The van der Waals surface area contributed by atoms with E-state index in [1.165, 1.54) is 36.5 Å². The van der Waals surface area contributed by atoms with Crippen molar-refractivity contribution < 1.29 is 18.8 Å². The first-order valence-corrected chi connectivity index (χ1v) is 9.98. The number of anilines is 1. The van der Waals surface area contributed by atoms with Crippen LogP contribution in [0.3, 0.4) is 0 Å². The Morgan fingerprint density at radius 3 is 2.53 bits per heavy atom. The number of imidazole rings is 1. The predicted octanol–water partition coefficient (Wildman–Crippen LogP) is 2.51. The molecule has 0 radical (unpaired) electrons. The lowest BCUT2D eigenvalue weighted by Gasteiger charge is -2.31. The van der Waals surface area contributed by atoms with Crippen molar-refractivity contribution in [2.24, 2.45) is 5.92 Å². The second kappa shape index (κ2) is 9.25. The Hall–Kier alpha value is -2.94. The van der Waals surface area contributed by atoms with Crippen molar-refractivity contribution in [3.8, 4) is 0 Å². The molecule has 1 aromatic heterocycles. The Bertz CT molecular complexity index is 956. The molecule has 0 bridgehead atoms. The number of aromatic amines is 1. The van der Waals surface area contributed by atoms with Gasteiger partial charge in [0.05, 0.1) is 17.0 Å². The molecular formula is C20H23ClFN5O3. The van der Waals surface area contributed by atoms with Crippen LogP contribution in [0.25, 0.3) is 0 Å². The number of rotatable bonds is 5. The average molecular weight is 436 g/mol. The van der Waals surface area contributed by atoms with Crippen LogP contribution in [-0.4, -0.2) is 47.8 Å². The number of benzene rings is 1. The van der Waals surface area contributed by atoms with Crippen LogP contribution in [0.4, 0.5) is 10.1 Å². The van der Waals surface area contributed by atoms with E-state index in [4.69, 9.17) is 11.6 Å². The quantitative estimate of drug-likeness (QED) is 0.670. The van der Waals surface area contributed by atoms with Crippen molar-refractivity contribution in [2.75, 3.05) is 19.0 Å². The number of aromatic nitrogens is 2. The zero-order chi connectivity index (χ0) is 21.8. The second-order valence-electron chi connectivity index (χ2n) is 7.22. The van der Waals surface area contributed by atoms with Crippen LogP contribution in [-0.2, 0) is 4.79 Å². The van der Waals surface area contributed by atoms with Crippen LogP contribution in [0, 0.1) is 11.7 Å². The summed E-state index contributed by atoms with van der Waals surface area (Å²) in [6.45, 7) is 0. The molecule has 1 aliphatic rings. The number of H-pyrrole nitrogens is 1.